The van der Waals surface area contributed by atoms with E-state index >= 15 is 0 Å². The number of hydrogen-bond donors (Lipinski definition) is 1. The zero-order valence-corrected chi connectivity index (χ0v) is 10.4. The first-order chi connectivity index (χ1) is 10.1. The number of hydrogen-bond acceptors (Lipinski definition) is 6. The van der Waals surface area contributed by atoms with Gasteiger partial charge in [0.1, 0.15) is 5.52 Å². The van der Waals surface area contributed by atoms with Gasteiger partial charge in [-0.1, -0.05) is 6.07 Å². The zero-order chi connectivity index (χ0) is 15.0. The molecule has 0 radical (unpaired) electrons. The summed E-state index contributed by atoms with van der Waals surface area (Å²) in [7, 11) is 0. The summed E-state index contributed by atoms with van der Waals surface area (Å²) in [5.74, 6) is 0.0390. The fourth-order valence-electron chi connectivity index (χ4n) is 1.99. The molecule has 3 rings (SSSR count). The zero-order valence-electron chi connectivity index (χ0n) is 10.4. The average molecular weight is 285 g/mol. The van der Waals surface area contributed by atoms with Gasteiger partial charge in [0.2, 0.25) is 0 Å². The van der Waals surface area contributed by atoms with Crippen LogP contribution in [-0.2, 0) is 0 Å². The van der Waals surface area contributed by atoms with Gasteiger partial charge in [-0.25, -0.2) is 14.3 Å². The van der Waals surface area contributed by atoms with E-state index in [-0.39, 0.29) is 22.4 Å². The number of nitro benzene ring substituents is 1. The molecule has 0 saturated carbocycles. The summed E-state index contributed by atoms with van der Waals surface area (Å²) in [6.07, 6.45) is 3.98. The Morgan fingerprint density at radius 3 is 2.71 bits per heavy atom. The quantitative estimate of drug-likeness (QED) is 0.536. The van der Waals surface area contributed by atoms with Crippen LogP contribution in [0.1, 0.15) is 0 Å². The highest BCUT2D eigenvalue weighted by molar-refractivity contribution is 5.86. The number of nitro groups is 1. The third kappa shape index (κ3) is 1.96. The second-order valence-corrected chi connectivity index (χ2v) is 4.09. The molecule has 0 spiro atoms. The van der Waals surface area contributed by atoms with E-state index in [0.29, 0.717) is 0 Å². The minimum Gasteiger partial charge on any atom is -0.300 e. The molecule has 0 aliphatic heterocycles. The lowest BCUT2D eigenvalue weighted by atomic mass is 10.2. The maximum absolute atomic E-state index is 12.4. The standard InChI is InChI=1S/C12H7N5O4/c18-11-7-2-1-3-8(17(20)21)10(7)15-12(19)16(11)9-6-13-4-5-14-9/h1-6H,(H,15,19). The summed E-state index contributed by atoms with van der Waals surface area (Å²) in [4.78, 5) is 44.7. The van der Waals surface area contributed by atoms with E-state index in [0.717, 1.165) is 4.57 Å². The first kappa shape index (κ1) is 12.7. The van der Waals surface area contributed by atoms with Crippen LogP contribution in [0.4, 0.5) is 5.69 Å². The summed E-state index contributed by atoms with van der Waals surface area (Å²) in [6.45, 7) is 0. The largest absolute Gasteiger partial charge is 0.334 e. The van der Waals surface area contributed by atoms with Crippen molar-refractivity contribution in [1.82, 2.24) is 19.5 Å². The highest BCUT2D eigenvalue weighted by atomic mass is 16.6. The van der Waals surface area contributed by atoms with Gasteiger partial charge in [-0.3, -0.25) is 19.9 Å². The van der Waals surface area contributed by atoms with Gasteiger partial charge in [0.05, 0.1) is 16.5 Å². The Labute approximate surface area is 115 Å². The molecule has 0 bridgehead atoms. The second-order valence-electron chi connectivity index (χ2n) is 4.09. The molecule has 21 heavy (non-hydrogen) atoms. The Morgan fingerprint density at radius 1 is 1.24 bits per heavy atom. The molecule has 1 N–H and O–H groups in total. The van der Waals surface area contributed by atoms with Crippen molar-refractivity contribution >= 4 is 16.6 Å². The molecular formula is C12H7N5O4. The molecule has 1 aromatic carbocycles. The van der Waals surface area contributed by atoms with Crippen molar-refractivity contribution in [3.63, 3.8) is 0 Å². The van der Waals surface area contributed by atoms with Gasteiger partial charge in [0.25, 0.3) is 11.2 Å². The summed E-state index contributed by atoms with van der Waals surface area (Å²) in [5, 5.41) is 11.0. The van der Waals surface area contributed by atoms with Crippen LogP contribution in [0.2, 0.25) is 0 Å². The maximum Gasteiger partial charge on any atom is 0.334 e. The molecule has 9 nitrogen and oxygen atoms in total. The van der Waals surface area contributed by atoms with E-state index in [1.165, 1.54) is 36.8 Å². The van der Waals surface area contributed by atoms with Crippen molar-refractivity contribution in [3.8, 4) is 5.82 Å². The van der Waals surface area contributed by atoms with Crippen molar-refractivity contribution in [2.75, 3.05) is 0 Å². The number of H-pyrrole nitrogens is 1. The van der Waals surface area contributed by atoms with Gasteiger partial charge in [-0.2, -0.15) is 0 Å². The van der Waals surface area contributed by atoms with Gasteiger partial charge in [0, 0.05) is 18.5 Å². The SMILES string of the molecule is O=c1[nH]c2c([N+](=O)[O-])cccc2c(=O)n1-c1cnccn1. The Bertz CT molecular complexity index is 961. The van der Waals surface area contributed by atoms with Crippen LogP contribution in [0, 0.1) is 10.1 Å². The number of aromatic amines is 1. The first-order valence-corrected chi connectivity index (χ1v) is 5.78. The van der Waals surface area contributed by atoms with Crippen LogP contribution in [-0.4, -0.2) is 24.4 Å². The highest BCUT2D eigenvalue weighted by Gasteiger charge is 2.17. The lowest BCUT2D eigenvalue weighted by Crippen LogP contribution is -2.34. The molecule has 0 saturated heterocycles. The summed E-state index contributed by atoms with van der Waals surface area (Å²) in [5.41, 5.74) is -1.97. The molecule has 104 valence electrons. The van der Waals surface area contributed by atoms with E-state index in [1.54, 1.807) is 0 Å². The molecule has 0 fully saturated rings. The van der Waals surface area contributed by atoms with Gasteiger partial charge < -0.3 is 4.98 Å². The van der Waals surface area contributed by atoms with Gasteiger partial charge in [-0.15, -0.1) is 0 Å². The Hall–Kier alpha value is -3.36. The smallest absolute Gasteiger partial charge is 0.300 e. The van der Waals surface area contributed by atoms with Gasteiger partial charge >= 0.3 is 5.69 Å². The number of aromatic nitrogens is 4. The monoisotopic (exact) mass is 285 g/mol. The topological polar surface area (TPSA) is 124 Å². The number of benzene rings is 1. The molecule has 0 atom stereocenters. The van der Waals surface area contributed by atoms with Crippen molar-refractivity contribution in [1.29, 1.82) is 0 Å². The van der Waals surface area contributed by atoms with Crippen molar-refractivity contribution < 1.29 is 4.92 Å². The lowest BCUT2D eigenvalue weighted by Gasteiger charge is -2.04. The maximum atomic E-state index is 12.4. The van der Waals surface area contributed by atoms with E-state index in [4.69, 9.17) is 0 Å². The fourth-order valence-corrected chi connectivity index (χ4v) is 1.99. The summed E-state index contributed by atoms with van der Waals surface area (Å²) < 4.78 is 0.777. The molecule has 3 aromatic rings. The molecule has 0 amide bonds. The number of nitrogens with zero attached hydrogens (tertiary/aromatic N) is 4. The van der Waals surface area contributed by atoms with Crippen LogP contribution in [0.15, 0.2) is 46.4 Å². The molecule has 0 aliphatic rings. The number of rotatable bonds is 2. The van der Waals surface area contributed by atoms with Gasteiger partial charge in [-0.05, 0) is 6.07 Å². The van der Waals surface area contributed by atoms with Crippen LogP contribution in [0.5, 0.6) is 0 Å². The van der Waals surface area contributed by atoms with Crippen LogP contribution < -0.4 is 11.2 Å². The highest BCUT2D eigenvalue weighted by Crippen LogP contribution is 2.19. The Kier molecular flexibility index (Phi) is 2.79. The van der Waals surface area contributed by atoms with E-state index in [2.05, 4.69) is 15.0 Å². The van der Waals surface area contributed by atoms with Crippen LogP contribution in [0.25, 0.3) is 16.7 Å². The van der Waals surface area contributed by atoms with Gasteiger partial charge in [0.15, 0.2) is 5.82 Å². The molecule has 2 heterocycles. The number of fused-ring (bicyclic) bond motifs is 1. The minimum absolute atomic E-state index is 0.0226. The normalized spacial score (nSPS) is 10.7. The molecule has 9 heteroatoms. The summed E-state index contributed by atoms with van der Waals surface area (Å²) >= 11 is 0. The van der Waals surface area contributed by atoms with E-state index in [9.17, 15) is 19.7 Å². The van der Waals surface area contributed by atoms with Crippen molar-refractivity contribution in [2.45, 2.75) is 0 Å². The molecular weight excluding hydrogens is 278 g/mol. The van der Waals surface area contributed by atoms with Crippen LogP contribution in [0.3, 0.4) is 0 Å². The van der Waals surface area contributed by atoms with Crippen LogP contribution >= 0.6 is 0 Å². The number of nitrogens with one attached hydrogen (secondary N) is 1. The molecule has 0 unspecified atom stereocenters. The lowest BCUT2D eigenvalue weighted by molar-refractivity contribution is -0.383. The number of non-ortho nitro benzene ring substituents is 1. The predicted molar refractivity (Wildman–Crippen MR) is 72.4 cm³/mol. The third-order valence-electron chi connectivity index (χ3n) is 2.89. The molecule has 0 aliphatic carbocycles. The van der Waals surface area contributed by atoms with Crippen molar-refractivity contribution in [2.24, 2.45) is 0 Å². The number of para-hydroxylation sites is 1. The van der Waals surface area contributed by atoms with E-state index in [1.807, 2.05) is 0 Å². The Balaban J connectivity index is 2.45. The summed E-state index contributed by atoms with van der Waals surface area (Å²) in [6, 6.07) is 3.99. The first-order valence-electron chi connectivity index (χ1n) is 5.78. The third-order valence-corrected chi connectivity index (χ3v) is 2.89. The van der Waals surface area contributed by atoms with E-state index < -0.39 is 16.2 Å². The van der Waals surface area contributed by atoms with Crippen molar-refractivity contribution in [3.05, 3.63) is 67.7 Å². The predicted octanol–water partition coefficient (Wildman–Crippen LogP) is 0.377. The fraction of sp³-hybridized carbons (Fsp3) is 0. The second kappa shape index (κ2) is 4.63. The average Bonchev–Trinajstić information content (AvgIpc) is 2.47. The Morgan fingerprint density at radius 2 is 2.05 bits per heavy atom. The minimum atomic E-state index is -0.817. The molecule has 2 aromatic heterocycles.